The van der Waals surface area contributed by atoms with Crippen LogP contribution in [0.5, 0.6) is 0 Å². The Morgan fingerprint density at radius 1 is 1.12 bits per heavy atom. The Kier molecular flexibility index (Phi) is 5.66. The van der Waals surface area contributed by atoms with Gasteiger partial charge in [0.2, 0.25) is 0 Å². The minimum absolute atomic E-state index is 0.0678. The molecule has 0 N–H and O–H groups in total. The summed E-state index contributed by atoms with van der Waals surface area (Å²) in [6.45, 7) is 12.1. The minimum Gasteiger partial charge on any atom is -0.354 e. The van der Waals surface area contributed by atoms with Crippen molar-refractivity contribution in [2.75, 3.05) is 43.5 Å². The molecule has 5 heteroatoms. The Labute approximate surface area is 151 Å². The number of alkyl halides is 1. The first-order chi connectivity index (χ1) is 11.5. The van der Waals surface area contributed by atoms with Gasteiger partial charge in [-0.05, 0) is 25.8 Å². The third-order valence-corrected chi connectivity index (χ3v) is 5.54. The summed E-state index contributed by atoms with van der Waals surface area (Å²) in [5.41, 5.74) is 1.25. The van der Waals surface area contributed by atoms with Gasteiger partial charge in [-0.25, -0.2) is 9.97 Å². The van der Waals surface area contributed by atoms with Gasteiger partial charge in [0.25, 0.3) is 0 Å². The molecule has 0 aromatic carbocycles. The number of nitrogens with zero attached hydrogens (tertiary/aromatic N) is 4. The van der Waals surface area contributed by atoms with E-state index >= 15 is 0 Å². The second kappa shape index (κ2) is 7.57. The van der Waals surface area contributed by atoms with Crippen molar-refractivity contribution in [3.8, 4) is 0 Å². The topological polar surface area (TPSA) is 32.3 Å². The Morgan fingerprint density at radius 3 is 2.38 bits per heavy atom. The number of aromatic nitrogens is 2. The molecule has 0 spiro atoms. The van der Waals surface area contributed by atoms with Gasteiger partial charge in [0.05, 0.1) is 5.69 Å². The van der Waals surface area contributed by atoms with E-state index in [0.29, 0.717) is 5.92 Å². The summed E-state index contributed by atoms with van der Waals surface area (Å²) < 4.78 is 0. The maximum Gasteiger partial charge on any atom is 0.134 e. The van der Waals surface area contributed by atoms with Crippen LogP contribution in [0.15, 0.2) is 6.07 Å². The largest absolute Gasteiger partial charge is 0.354 e. The van der Waals surface area contributed by atoms with E-state index in [2.05, 4.69) is 36.6 Å². The molecule has 0 atom stereocenters. The minimum atomic E-state index is 0.0678. The predicted octanol–water partition coefficient (Wildman–Crippen LogP) is 3.79. The van der Waals surface area contributed by atoms with E-state index in [1.54, 1.807) is 0 Å². The second-order valence-corrected chi connectivity index (χ2v) is 8.60. The van der Waals surface area contributed by atoms with Crippen LogP contribution in [0.3, 0.4) is 0 Å². The molecule has 0 bridgehead atoms. The van der Waals surface area contributed by atoms with Crippen molar-refractivity contribution >= 4 is 17.4 Å². The number of hydrogen-bond donors (Lipinski definition) is 0. The first-order valence-electron chi connectivity index (χ1n) is 9.40. The highest BCUT2D eigenvalue weighted by Gasteiger charge is 2.27. The van der Waals surface area contributed by atoms with Crippen LogP contribution < -0.4 is 4.90 Å². The average molecular weight is 351 g/mol. The monoisotopic (exact) mass is 350 g/mol. The lowest BCUT2D eigenvalue weighted by molar-refractivity contribution is 0.258. The summed E-state index contributed by atoms with van der Waals surface area (Å²) in [6.07, 6.45) is 4.90. The van der Waals surface area contributed by atoms with Gasteiger partial charge in [0.15, 0.2) is 0 Å². The second-order valence-electron chi connectivity index (χ2n) is 8.22. The maximum absolute atomic E-state index is 5.82. The first kappa shape index (κ1) is 17.9. The van der Waals surface area contributed by atoms with Crippen molar-refractivity contribution in [1.82, 2.24) is 14.9 Å². The molecule has 1 saturated heterocycles. The van der Waals surface area contributed by atoms with Gasteiger partial charge in [-0.2, -0.15) is 0 Å². The quantitative estimate of drug-likeness (QED) is 0.756. The molecule has 1 aliphatic heterocycles. The molecule has 2 fully saturated rings. The zero-order valence-corrected chi connectivity index (χ0v) is 16.1. The van der Waals surface area contributed by atoms with Gasteiger partial charge in [-0.1, -0.05) is 27.2 Å². The summed E-state index contributed by atoms with van der Waals surface area (Å²) in [5, 5.41) is 0. The SMILES string of the molecule is CC(C)(C)c1cc(N2CCN(CCCCl)CC2)nc(C2CCC2)n1. The maximum atomic E-state index is 5.82. The molecule has 134 valence electrons. The third kappa shape index (κ3) is 4.20. The van der Waals surface area contributed by atoms with Crippen LogP contribution in [-0.2, 0) is 5.41 Å². The highest BCUT2D eigenvalue weighted by atomic mass is 35.5. The van der Waals surface area contributed by atoms with Gasteiger partial charge >= 0.3 is 0 Å². The highest BCUT2D eigenvalue weighted by Crippen LogP contribution is 2.36. The Bertz CT molecular complexity index is 543. The molecule has 3 rings (SSSR count). The Balaban J connectivity index is 1.75. The third-order valence-electron chi connectivity index (χ3n) is 5.27. The fourth-order valence-electron chi connectivity index (χ4n) is 3.33. The van der Waals surface area contributed by atoms with Crippen LogP contribution in [0.2, 0.25) is 0 Å². The lowest BCUT2D eigenvalue weighted by atomic mass is 9.84. The molecule has 24 heavy (non-hydrogen) atoms. The van der Waals surface area contributed by atoms with E-state index in [1.165, 1.54) is 25.0 Å². The normalized spacial score (nSPS) is 20.2. The average Bonchev–Trinajstić information content (AvgIpc) is 2.50. The molecule has 1 aromatic heterocycles. The van der Waals surface area contributed by atoms with E-state index in [0.717, 1.165) is 56.7 Å². The summed E-state index contributed by atoms with van der Waals surface area (Å²) in [4.78, 5) is 14.8. The van der Waals surface area contributed by atoms with E-state index in [1.807, 2.05) is 0 Å². The van der Waals surface area contributed by atoms with Crippen LogP contribution in [0.1, 0.15) is 63.9 Å². The van der Waals surface area contributed by atoms with Crippen molar-refractivity contribution in [2.45, 2.75) is 57.8 Å². The van der Waals surface area contributed by atoms with Crippen LogP contribution >= 0.6 is 11.6 Å². The number of rotatable bonds is 5. The molecule has 2 heterocycles. The van der Waals surface area contributed by atoms with Gasteiger partial charge in [-0.15, -0.1) is 11.6 Å². The van der Waals surface area contributed by atoms with Crippen LogP contribution in [0, 0.1) is 0 Å². The van der Waals surface area contributed by atoms with Crippen molar-refractivity contribution in [1.29, 1.82) is 0 Å². The number of anilines is 1. The fraction of sp³-hybridized carbons (Fsp3) is 0.789. The van der Waals surface area contributed by atoms with Gasteiger partial charge in [0.1, 0.15) is 11.6 Å². The number of hydrogen-bond acceptors (Lipinski definition) is 4. The molecule has 1 aromatic rings. The molecule has 2 aliphatic rings. The molecule has 4 nitrogen and oxygen atoms in total. The zero-order chi connectivity index (χ0) is 17.2. The van der Waals surface area contributed by atoms with Gasteiger partial charge in [-0.3, -0.25) is 4.90 Å². The van der Waals surface area contributed by atoms with Crippen molar-refractivity contribution < 1.29 is 0 Å². The molecule has 1 saturated carbocycles. The fourth-order valence-corrected chi connectivity index (χ4v) is 3.45. The van der Waals surface area contributed by atoms with Crippen molar-refractivity contribution in [3.63, 3.8) is 0 Å². The van der Waals surface area contributed by atoms with Crippen LogP contribution in [0.4, 0.5) is 5.82 Å². The number of halogens is 1. The summed E-state index contributed by atoms with van der Waals surface area (Å²) >= 11 is 5.82. The first-order valence-corrected chi connectivity index (χ1v) is 9.93. The van der Waals surface area contributed by atoms with E-state index < -0.39 is 0 Å². The Morgan fingerprint density at radius 2 is 1.83 bits per heavy atom. The standard InChI is InChI=1S/C19H31ClN4/c1-19(2,3)16-14-17(22-18(21-16)15-6-4-7-15)24-12-10-23(11-13-24)9-5-8-20/h14-15H,4-13H2,1-3H3. The van der Waals surface area contributed by atoms with Crippen LogP contribution in [0.25, 0.3) is 0 Å². The molecule has 1 aliphatic carbocycles. The predicted molar refractivity (Wildman–Crippen MR) is 101 cm³/mol. The van der Waals surface area contributed by atoms with E-state index in [-0.39, 0.29) is 5.41 Å². The van der Waals surface area contributed by atoms with Crippen LogP contribution in [-0.4, -0.2) is 53.5 Å². The molecule has 0 radical (unpaired) electrons. The van der Waals surface area contributed by atoms with E-state index in [9.17, 15) is 0 Å². The zero-order valence-electron chi connectivity index (χ0n) is 15.4. The highest BCUT2D eigenvalue weighted by molar-refractivity contribution is 6.17. The molecule has 0 unspecified atom stereocenters. The van der Waals surface area contributed by atoms with Crippen molar-refractivity contribution in [2.24, 2.45) is 0 Å². The summed E-state index contributed by atoms with van der Waals surface area (Å²) in [5.74, 6) is 3.55. The van der Waals surface area contributed by atoms with Gasteiger partial charge < -0.3 is 4.90 Å². The molecule has 0 amide bonds. The summed E-state index contributed by atoms with van der Waals surface area (Å²) in [6, 6.07) is 2.22. The lowest BCUT2D eigenvalue weighted by Crippen LogP contribution is -2.47. The molecular weight excluding hydrogens is 320 g/mol. The lowest BCUT2D eigenvalue weighted by Gasteiger charge is -2.36. The summed E-state index contributed by atoms with van der Waals surface area (Å²) in [7, 11) is 0. The smallest absolute Gasteiger partial charge is 0.134 e. The Hall–Kier alpha value is -0.870. The number of piperazine rings is 1. The van der Waals surface area contributed by atoms with Crippen molar-refractivity contribution in [3.05, 3.63) is 17.6 Å². The molecular formula is C19H31ClN4. The van der Waals surface area contributed by atoms with E-state index in [4.69, 9.17) is 21.6 Å². The van der Waals surface area contributed by atoms with Gasteiger partial charge in [0, 0.05) is 49.5 Å².